The quantitative estimate of drug-likeness (QED) is 0.162. The highest BCUT2D eigenvalue weighted by Gasteiger charge is 2.50. The molecular weight excluding hydrogens is 920 g/mol. The summed E-state index contributed by atoms with van der Waals surface area (Å²) in [4.78, 5) is 5.35. The van der Waals surface area contributed by atoms with E-state index in [0.717, 1.165) is 70.2 Å². The normalized spacial score (nSPS) is 20.1. The van der Waals surface area contributed by atoms with Gasteiger partial charge in [0.05, 0.1) is 11.4 Å². The molecule has 370 valence electrons. The molecule has 2 aliphatic heterocycles. The van der Waals surface area contributed by atoms with E-state index in [9.17, 15) is 0 Å². The Bertz CT molecular complexity index is 4120. The molecule has 0 N–H and O–H groups in total. The summed E-state index contributed by atoms with van der Waals surface area (Å²) in [5.41, 5.74) is 22.6. The number of anilines is 5. The van der Waals surface area contributed by atoms with Gasteiger partial charge in [-0.05, 0) is 182 Å². The van der Waals surface area contributed by atoms with Crippen molar-refractivity contribution in [1.82, 2.24) is 0 Å². The van der Waals surface area contributed by atoms with Gasteiger partial charge in [-0.2, -0.15) is 0 Å². The molecule has 5 heterocycles. The Labute approximate surface area is 440 Å². The molecule has 0 bridgehead atoms. The Morgan fingerprint density at radius 2 is 0.959 bits per heavy atom. The van der Waals surface area contributed by atoms with Crippen LogP contribution in [0.1, 0.15) is 155 Å². The summed E-state index contributed by atoms with van der Waals surface area (Å²) in [5.74, 6) is 0. The number of rotatable bonds is 2. The second kappa shape index (κ2) is 14.4. The fourth-order valence-electron chi connectivity index (χ4n) is 14.9. The minimum absolute atomic E-state index is 0.0181. The Kier molecular flexibility index (Phi) is 8.77. The highest BCUT2D eigenvalue weighted by atomic mass is 32.1. The van der Waals surface area contributed by atoms with Crippen molar-refractivity contribution in [2.45, 2.75) is 154 Å². The van der Waals surface area contributed by atoms with Gasteiger partial charge in [0.1, 0.15) is 16.7 Å². The number of fused-ring (bicyclic) bond motifs is 16. The third-order valence-electron chi connectivity index (χ3n) is 19.8. The largest absolute Gasteiger partial charge is 0.456 e. The summed E-state index contributed by atoms with van der Waals surface area (Å²) in [6.07, 6.45) is 6.97. The van der Waals surface area contributed by atoms with Crippen LogP contribution in [0.3, 0.4) is 0 Å². The van der Waals surface area contributed by atoms with Gasteiger partial charge >= 0.3 is 6.85 Å². The van der Waals surface area contributed by atoms with Gasteiger partial charge in [0.15, 0.2) is 5.58 Å². The number of benzene rings is 7. The number of para-hydroxylation sites is 2. The number of hydrogen-bond acceptors (Lipinski definition) is 5. The zero-order valence-electron chi connectivity index (χ0n) is 45.4. The maximum absolute atomic E-state index is 7.38. The molecule has 0 atom stereocenters. The fraction of sp³-hybridized carbons (Fsp3) is 0.353. The van der Waals surface area contributed by atoms with Crippen molar-refractivity contribution >= 4 is 111 Å². The zero-order valence-corrected chi connectivity index (χ0v) is 46.2. The fourth-order valence-corrected chi connectivity index (χ4v) is 16.2. The predicted octanol–water partition coefficient (Wildman–Crippen LogP) is 18.5. The summed E-state index contributed by atoms with van der Waals surface area (Å²) < 4.78 is 17.2. The summed E-state index contributed by atoms with van der Waals surface area (Å²) in [6, 6.07) is 44.9. The third kappa shape index (κ3) is 5.98. The van der Waals surface area contributed by atoms with Gasteiger partial charge in [-0.1, -0.05) is 126 Å². The maximum atomic E-state index is 7.38. The minimum Gasteiger partial charge on any atom is -0.456 e. The van der Waals surface area contributed by atoms with Crippen molar-refractivity contribution in [3.05, 3.63) is 149 Å². The number of hydrogen-bond donors (Lipinski definition) is 0. The first-order valence-electron chi connectivity index (χ1n) is 27.6. The van der Waals surface area contributed by atoms with E-state index in [1.807, 2.05) is 11.3 Å². The van der Waals surface area contributed by atoms with E-state index < -0.39 is 0 Å². The van der Waals surface area contributed by atoms with Crippen LogP contribution in [-0.4, -0.2) is 6.85 Å². The lowest BCUT2D eigenvalue weighted by Gasteiger charge is -2.45. The number of furan rings is 2. The molecule has 0 unspecified atom stereocenters. The number of thiophene rings is 1. The van der Waals surface area contributed by atoms with Crippen LogP contribution in [0.5, 0.6) is 0 Å². The summed E-state index contributed by atoms with van der Waals surface area (Å²) >= 11 is 2.01. The van der Waals surface area contributed by atoms with Gasteiger partial charge in [-0.3, -0.25) is 0 Å². The second-order valence-electron chi connectivity index (χ2n) is 27.2. The topological polar surface area (TPSA) is 32.8 Å². The molecule has 0 fully saturated rings. The molecule has 3 aromatic heterocycles. The third-order valence-corrected chi connectivity index (χ3v) is 21.0. The van der Waals surface area contributed by atoms with Gasteiger partial charge < -0.3 is 18.5 Å². The van der Waals surface area contributed by atoms with Crippen LogP contribution in [-0.2, 0) is 32.5 Å². The molecule has 4 nitrogen and oxygen atoms in total. The van der Waals surface area contributed by atoms with Crippen molar-refractivity contribution < 1.29 is 8.83 Å². The smallest absolute Gasteiger partial charge is 0.343 e. The van der Waals surface area contributed by atoms with E-state index in [1.165, 1.54) is 106 Å². The van der Waals surface area contributed by atoms with Crippen LogP contribution in [0.15, 0.2) is 124 Å². The molecule has 7 aromatic carbocycles. The first-order chi connectivity index (χ1) is 35.1. The Morgan fingerprint density at radius 1 is 0.419 bits per heavy atom. The summed E-state index contributed by atoms with van der Waals surface area (Å²) in [5, 5.41) is 5.99. The number of nitrogens with zero attached hydrogens (tertiary/aromatic N) is 2. The van der Waals surface area contributed by atoms with E-state index in [0.29, 0.717) is 0 Å². The van der Waals surface area contributed by atoms with Gasteiger partial charge in [-0.15, -0.1) is 11.3 Å². The van der Waals surface area contributed by atoms with Crippen LogP contribution >= 0.6 is 11.3 Å². The molecule has 10 aromatic rings. The van der Waals surface area contributed by atoms with Gasteiger partial charge in [0.25, 0.3) is 0 Å². The van der Waals surface area contributed by atoms with Crippen molar-refractivity contribution in [3.63, 3.8) is 0 Å². The van der Waals surface area contributed by atoms with E-state index in [2.05, 4.69) is 208 Å². The molecular formula is C68H67BN2O2S. The Hall–Kier alpha value is -6.24. The zero-order chi connectivity index (χ0) is 51.0. The van der Waals surface area contributed by atoms with E-state index in [4.69, 9.17) is 8.83 Å². The molecule has 0 amide bonds. The molecule has 15 rings (SSSR count). The summed E-state index contributed by atoms with van der Waals surface area (Å²) in [6.45, 7) is 29.2. The monoisotopic (exact) mass is 987 g/mol. The van der Waals surface area contributed by atoms with Crippen molar-refractivity contribution in [1.29, 1.82) is 0 Å². The molecule has 0 radical (unpaired) electrons. The van der Waals surface area contributed by atoms with Crippen LogP contribution in [0.25, 0.3) is 65.1 Å². The van der Waals surface area contributed by atoms with Crippen LogP contribution < -0.4 is 20.0 Å². The lowest BCUT2D eigenvalue weighted by Crippen LogP contribution is -2.60. The van der Waals surface area contributed by atoms with Crippen LogP contribution in [0, 0.1) is 0 Å². The van der Waals surface area contributed by atoms with E-state index >= 15 is 0 Å². The van der Waals surface area contributed by atoms with Gasteiger partial charge in [0, 0.05) is 65.1 Å². The molecule has 0 spiro atoms. The molecule has 3 aliphatic carbocycles. The molecule has 74 heavy (non-hydrogen) atoms. The standard InChI is InChI=1S/C68H67BN2O2S/c1-63(2)24-25-64(3,4)48-30-39(22-23-47(48)63)70-59-46-34-50-52(68(11,12)29-27-66(50,7)8)36-57(46)74-62(59)69-58-44(32-45-40-20-16-17-21-54(40)73-61(45)60(58)70)41-31-42-43-33-49-51(67(9,10)28-26-65(49,5)6)35-55(43)72-56(42)37-53(41)71(69)38-18-14-13-15-19-38/h13-23,30-37H,24-29H2,1-12H3. The average Bonchev–Trinajstić information content (AvgIpc) is 4.09. The Morgan fingerprint density at radius 3 is 1.64 bits per heavy atom. The highest BCUT2D eigenvalue weighted by Crippen LogP contribution is 2.58. The molecule has 5 aliphatic rings. The molecule has 0 saturated heterocycles. The second-order valence-corrected chi connectivity index (χ2v) is 28.3. The SMILES string of the molecule is CC1(C)CCC(C)(C)c2cc(N3c4c(sc5cc6c(cc45)C(C)(C)CCC6(C)C)B4c5c(cc6c(oc7ccccc76)c53)-c3cc5c(cc3N4c3ccccc3)oc3cc4c(cc35)C(C)(C)CCC4(C)C)ccc21. The van der Waals surface area contributed by atoms with Crippen molar-refractivity contribution in [2.75, 3.05) is 9.71 Å². The first-order valence-corrected chi connectivity index (χ1v) is 28.4. The van der Waals surface area contributed by atoms with Crippen LogP contribution in [0.2, 0.25) is 0 Å². The van der Waals surface area contributed by atoms with Crippen molar-refractivity contribution in [3.8, 4) is 11.1 Å². The van der Waals surface area contributed by atoms with Gasteiger partial charge in [0.2, 0.25) is 0 Å². The Balaban J connectivity index is 1.12. The maximum Gasteiger partial charge on any atom is 0.343 e. The average molecular weight is 987 g/mol. The van der Waals surface area contributed by atoms with Crippen LogP contribution in [0.4, 0.5) is 28.4 Å². The molecule has 0 saturated carbocycles. The summed E-state index contributed by atoms with van der Waals surface area (Å²) in [7, 11) is 0. The predicted molar refractivity (Wildman–Crippen MR) is 316 cm³/mol. The lowest BCUT2D eigenvalue weighted by molar-refractivity contribution is 0.332. The van der Waals surface area contributed by atoms with E-state index in [1.54, 1.807) is 0 Å². The lowest BCUT2D eigenvalue weighted by atomic mass is 9.46. The van der Waals surface area contributed by atoms with E-state index in [-0.39, 0.29) is 39.3 Å². The molecule has 6 heteroatoms. The minimum atomic E-state index is -0.169. The first kappa shape index (κ1) is 45.2. The van der Waals surface area contributed by atoms with Crippen molar-refractivity contribution in [2.24, 2.45) is 0 Å². The highest BCUT2D eigenvalue weighted by molar-refractivity contribution is 7.32. The van der Waals surface area contributed by atoms with Gasteiger partial charge in [-0.25, -0.2) is 0 Å².